The van der Waals surface area contributed by atoms with E-state index in [2.05, 4.69) is 48.1 Å². The Hall–Kier alpha value is -1.09. The zero-order chi connectivity index (χ0) is 10.8. The molecule has 1 saturated heterocycles. The molecule has 82 valence electrons. The number of anilines is 1. The molecule has 2 atom stereocenters. The van der Waals surface area contributed by atoms with Gasteiger partial charge in [0, 0.05) is 31.4 Å². The summed E-state index contributed by atoms with van der Waals surface area (Å²) in [7, 11) is 0. The summed E-state index contributed by atoms with van der Waals surface area (Å²) >= 11 is 0. The highest BCUT2D eigenvalue weighted by molar-refractivity contribution is 5.40. The van der Waals surface area contributed by atoms with Gasteiger partial charge in [-0.2, -0.15) is 0 Å². The van der Waals surface area contributed by atoms with Crippen LogP contribution in [0.1, 0.15) is 19.4 Å². The van der Waals surface area contributed by atoms with E-state index in [0.29, 0.717) is 12.1 Å². The number of nitrogens with one attached hydrogen (secondary N) is 1. The number of hydrogen-bond donors (Lipinski definition) is 1. The van der Waals surface area contributed by atoms with E-state index in [1.54, 1.807) is 0 Å². The van der Waals surface area contributed by atoms with E-state index in [-0.39, 0.29) is 0 Å². The lowest BCUT2D eigenvalue weighted by Gasteiger charge is -2.36. The fourth-order valence-corrected chi connectivity index (χ4v) is 2.16. The standard InChI is InChI=1S/C12H19N3/c1-9-4-5-12(13-6-9)15-7-10(2)14-11(3)8-15/h4-6,10-11,14H,7-8H2,1-3H3/t10-,11+. The van der Waals surface area contributed by atoms with Crippen LogP contribution in [0.3, 0.4) is 0 Å². The molecule has 1 aromatic rings. The van der Waals surface area contributed by atoms with Gasteiger partial charge in [0.1, 0.15) is 5.82 Å². The van der Waals surface area contributed by atoms with Crippen molar-refractivity contribution in [2.24, 2.45) is 0 Å². The highest BCUT2D eigenvalue weighted by atomic mass is 15.2. The van der Waals surface area contributed by atoms with E-state index in [9.17, 15) is 0 Å². The Morgan fingerprint density at radius 3 is 2.47 bits per heavy atom. The van der Waals surface area contributed by atoms with Gasteiger partial charge in [-0.05, 0) is 32.4 Å². The van der Waals surface area contributed by atoms with Crippen LogP contribution in [0.25, 0.3) is 0 Å². The normalized spacial score (nSPS) is 26.7. The first kappa shape index (κ1) is 10.4. The molecule has 1 fully saturated rings. The molecule has 1 aromatic heterocycles. The minimum atomic E-state index is 0.539. The van der Waals surface area contributed by atoms with E-state index < -0.39 is 0 Å². The second kappa shape index (κ2) is 4.19. The van der Waals surface area contributed by atoms with E-state index in [4.69, 9.17) is 0 Å². The Bertz CT molecular complexity index is 310. The maximum atomic E-state index is 4.47. The molecule has 3 heteroatoms. The van der Waals surface area contributed by atoms with Crippen molar-refractivity contribution in [1.82, 2.24) is 10.3 Å². The molecule has 15 heavy (non-hydrogen) atoms. The first-order valence-corrected chi connectivity index (χ1v) is 5.59. The third-order valence-corrected chi connectivity index (χ3v) is 2.78. The second-order valence-corrected chi connectivity index (χ2v) is 4.57. The van der Waals surface area contributed by atoms with E-state index in [1.165, 1.54) is 5.56 Å². The lowest BCUT2D eigenvalue weighted by molar-refractivity contribution is 0.405. The average Bonchev–Trinajstić information content (AvgIpc) is 2.17. The molecule has 2 rings (SSSR count). The predicted molar refractivity (Wildman–Crippen MR) is 63.2 cm³/mol. The number of aryl methyl sites for hydroxylation is 1. The number of rotatable bonds is 1. The predicted octanol–water partition coefficient (Wildman–Crippen LogP) is 1.58. The summed E-state index contributed by atoms with van der Waals surface area (Å²) in [5.74, 6) is 1.10. The zero-order valence-corrected chi connectivity index (χ0v) is 9.70. The van der Waals surface area contributed by atoms with Crippen LogP contribution in [0.2, 0.25) is 0 Å². The second-order valence-electron chi connectivity index (χ2n) is 4.57. The first-order chi connectivity index (χ1) is 7.15. The van der Waals surface area contributed by atoms with Gasteiger partial charge in [-0.3, -0.25) is 0 Å². The molecule has 1 aliphatic rings. The van der Waals surface area contributed by atoms with Gasteiger partial charge in [-0.1, -0.05) is 6.07 Å². The molecule has 0 aromatic carbocycles. The maximum absolute atomic E-state index is 4.47. The summed E-state index contributed by atoms with van der Waals surface area (Å²) in [6.07, 6.45) is 1.94. The molecular weight excluding hydrogens is 186 g/mol. The molecule has 0 amide bonds. The van der Waals surface area contributed by atoms with Crippen LogP contribution in [0.5, 0.6) is 0 Å². The lowest BCUT2D eigenvalue weighted by atomic mass is 10.1. The van der Waals surface area contributed by atoms with Crippen molar-refractivity contribution in [2.45, 2.75) is 32.9 Å². The van der Waals surface area contributed by atoms with Gasteiger partial charge < -0.3 is 10.2 Å². The van der Waals surface area contributed by atoms with Crippen LogP contribution in [-0.4, -0.2) is 30.2 Å². The SMILES string of the molecule is Cc1ccc(N2C[C@@H](C)N[C@@H](C)C2)nc1. The Morgan fingerprint density at radius 1 is 1.27 bits per heavy atom. The highest BCUT2D eigenvalue weighted by Gasteiger charge is 2.21. The Balaban J connectivity index is 2.12. The third kappa shape index (κ3) is 2.48. The molecule has 0 radical (unpaired) electrons. The fraction of sp³-hybridized carbons (Fsp3) is 0.583. The summed E-state index contributed by atoms with van der Waals surface area (Å²) in [4.78, 5) is 6.82. The van der Waals surface area contributed by atoms with Gasteiger partial charge in [0.05, 0.1) is 0 Å². The molecule has 0 spiro atoms. The third-order valence-electron chi connectivity index (χ3n) is 2.78. The fourth-order valence-electron chi connectivity index (χ4n) is 2.16. The molecule has 1 N–H and O–H groups in total. The van der Waals surface area contributed by atoms with Gasteiger partial charge in [0.2, 0.25) is 0 Å². The van der Waals surface area contributed by atoms with Crippen molar-refractivity contribution in [3.05, 3.63) is 23.9 Å². The van der Waals surface area contributed by atoms with Crippen LogP contribution >= 0.6 is 0 Å². The minimum absolute atomic E-state index is 0.539. The average molecular weight is 205 g/mol. The van der Waals surface area contributed by atoms with Gasteiger partial charge in [0.25, 0.3) is 0 Å². The van der Waals surface area contributed by atoms with Crippen molar-refractivity contribution in [1.29, 1.82) is 0 Å². The summed E-state index contributed by atoms with van der Waals surface area (Å²) in [6, 6.07) is 5.31. The van der Waals surface area contributed by atoms with Crippen LogP contribution in [0.4, 0.5) is 5.82 Å². The van der Waals surface area contributed by atoms with Crippen molar-refractivity contribution in [3.8, 4) is 0 Å². The minimum Gasteiger partial charge on any atom is -0.354 e. The molecule has 0 bridgehead atoms. The van der Waals surface area contributed by atoms with E-state index in [0.717, 1.165) is 18.9 Å². The Morgan fingerprint density at radius 2 is 1.93 bits per heavy atom. The zero-order valence-electron chi connectivity index (χ0n) is 9.70. The number of nitrogens with zero attached hydrogens (tertiary/aromatic N) is 2. The largest absolute Gasteiger partial charge is 0.354 e. The summed E-state index contributed by atoms with van der Waals surface area (Å²) in [5.41, 5.74) is 1.22. The van der Waals surface area contributed by atoms with Gasteiger partial charge in [-0.15, -0.1) is 0 Å². The van der Waals surface area contributed by atoms with Gasteiger partial charge in [0.15, 0.2) is 0 Å². The quantitative estimate of drug-likeness (QED) is 0.754. The highest BCUT2D eigenvalue weighted by Crippen LogP contribution is 2.14. The Kier molecular flexibility index (Phi) is 2.91. The molecule has 0 saturated carbocycles. The van der Waals surface area contributed by atoms with Crippen molar-refractivity contribution in [2.75, 3.05) is 18.0 Å². The summed E-state index contributed by atoms with van der Waals surface area (Å²) in [5, 5.41) is 3.52. The molecule has 0 unspecified atom stereocenters. The van der Waals surface area contributed by atoms with Crippen molar-refractivity contribution >= 4 is 5.82 Å². The van der Waals surface area contributed by atoms with Crippen LogP contribution in [0.15, 0.2) is 18.3 Å². The number of pyridine rings is 1. The van der Waals surface area contributed by atoms with Crippen molar-refractivity contribution < 1.29 is 0 Å². The molecule has 1 aliphatic heterocycles. The lowest BCUT2D eigenvalue weighted by Crippen LogP contribution is -2.54. The molecule has 0 aliphatic carbocycles. The first-order valence-electron chi connectivity index (χ1n) is 5.59. The Labute approximate surface area is 91.5 Å². The van der Waals surface area contributed by atoms with Crippen LogP contribution in [-0.2, 0) is 0 Å². The molecule has 2 heterocycles. The molecule has 3 nitrogen and oxygen atoms in total. The molecular formula is C12H19N3. The monoisotopic (exact) mass is 205 g/mol. The van der Waals surface area contributed by atoms with Crippen molar-refractivity contribution in [3.63, 3.8) is 0 Å². The van der Waals surface area contributed by atoms with Gasteiger partial charge >= 0.3 is 0 Å². The topological polar surface area (TPSA) is 28.2 Å². The van der Waals surface area contributed by atoms with E-state index in [1.807, 2.05) is 6.20 Å². The summed E-state index contributed by atoms with van der Waals surface area (Å²) in [6.45, 7) is 8.59. The number of piperazine rings is 1. The summed E-state index contributed by atoms with van der Waals surface area (Å²) < 4.78 is 0. The van der Waals surface area contributed by atoms with E-state index >= 15 is 0 Å². The van der Waals surface area contributed by atoms with Crippen LogP contribution in [0, 0.1) is 6.92 Å². The number of aromatic nitrogens is 1. The number of hydrogen-bond acceptors (Lipinski definition) is 3. The maximum Gasteiger partial charge on any atom is 0.128 e. The van der Waals surface area contributed by atoms with Gasteiger partial charge in [-0.25, -0.2) is 4.98 Å². The van der Waals surface area contributed by atoms with Crippen LogP contribution < -0.4 is 10.2 Å². The smallest absolute Gasteiger partial charge is 0.128 e.